The van der Waals surface area contributed by atoms with Gasteiger partial charge in [-0.2, -0.15) is 0 Å². The van der Waals surface area contributed by atoms with Gasteiger partial charge in [-0.05, 0) is 43.2 Å². The van der Waals surface area contributed by atoms with E-state index in [0.29, 0.717) is 0 Å². The molecule has 0 N–H and O–H groups in total. The normalized spacial score (nSPS) is 10.6. The predicted molar refractivity (Wildman–Crippen MR) is 92.8 cm³/mol. The van der Waals surface area contributed by atoms with Crippen molar-refractivity contribution in [3.63, 3.8) is 0 Å². The Bertz CT molecular complexity index is 730. The Morgan fingerprint density at radius 1 is 1.15 bits per heavy atom. The van der Waals surface area contributed by atoms with Gasteiger partial charge in [0.1, 0.15) is 5.65 Å². The zero-order valence-corrected chi connectivity index (χ0v) is 14.7. The minimum atomic E-state index is 0. The zero-order chi connectivity index (χ0) is 13.4. The van der Waals surface area contributed by atoms with Crippen LogP contribution in [0, 0.1) is 6.92 Å². The van der Waals surface area contributed by atoms with Gasteiger partial charge in [0.25, 0.3) is 0 Å². The molecule has 0 aliphatic rings. The number of hydrogen-bond donors (Lipinski definition) is 0. The Morgan fingerprint density at radius 2 is 1.85 bits per heavy atom. The molecule has 0 radical (unpaired) electrons. The van der Waals surface area contributed by atoms with Crippen molar-refractivity contribution < 1.29 is 0 Å². The van der Waals surface area contributed by atoms with E-state index in [1.165, 1.54) is 16.8 Å². The summed E-state index contributed by atoms with van der Waals surface area (Å²) in [5.41, 5.74) is 5.77. The smallest absolute Gasteiger partial charge is 0.137 e. The topological polar surface area (TPSA) is 17.3 Å². The first kappa shape index (κ1) is 15.3. The molecule has 0 amide bonds. The van der Waals surface area contributed by atoms with Gasteiger partial charge in [0.2, 0.25) is 0 Å². The molecule has 3 aromatic rings. The van der Waals surface area contributed by atoms with Crippen LogP contribution >= 0.6 is 32.9 Å². The van der Waals surface area contributed by atoms with Crippen molar-refractivity contribution in [2.24, 2.45) is 0 Å². The molecule has 2 nitrogen and oxygen atoms in total. The lowest BCUT2D eigenvalue weighted by Crippen LogP contribution is -1.92. The van der Waals surface area contributed by atoms with Crippen molar-refractivity contribution in [1.29, 1.82) is 0 Å². The van der Waals surface area contributed by atoms with Gasteiger partial charge in [-0.3, -0.25) is 0 Å². The Kier molecular flexibility index (Phi) is 4.66. The second-order valence-corrected chi connectivity index (χ2v) is 5.62. The lowest BCUT2D eigenvalue weighted by Gasteiger charge is -2.02. The molecule has 0 saturated heterocycles. The van der Waals surface area contributed by atoms with Crippen LogP contribution in [0.25, 0.3) is 16.9 Å². The lowest BCUT2D eigenvalue weighted by atomic mass is 10.1. The first-order valence-electron chi connectivity index (χ1n) is 6.42. The maximum absolute atomic E-state index is 4.79. The lowest BCUT2D eigenvalue weighted by molar-refractivity contribution is 0.995. The van der Waals surface area contributed by atoms with Crippen LogP contribution in [-0.2, 0) is 6.42 Å². The van der Waals surface area contributed by atoms with Gasteiger partial charge >= 0.3 is 0 Å². The fourth-order valence-electron chi connectivity index (χ4n) is 2.37. The molecule has 2 aromatic heterocycles. The minimum absolute atomic E-state index is 0. The molecule has 2 heterocycles. The molecule has 1 aromatic carbocycles. The Labute approximate surface area is 137 Å². The molecule has 0 saturated carbocycles. The molecular formula is C16H16Br2N2. The monoisotopic (exact) mass is 394 g/mol. The van der Waals surface area contributed by atoms with Gasteiger partial charge in [-0.1, -0.05) is 35.0 Å². The molecule has 4 heteroatoms. The van der Waals surface area contributed by atoms with E-state index in [2.05, 4.69) is 76.8 Å². The summed E-state index contributed by atoms with van der Waals surface area (Å²) in [4.78, 5) is 4.79. The van der Waals surface area contributed by atoms with Crippen LogP contribution in [0.5, 0.6) is 0 Å². The largest absolute Gasteiger partial charge is 0.303 e. The number of hydrogen-bond acceptors (Lipinski definition) is 1. The van der Waals surface area contributed by atoms with E-state index in [4.69, 9.17) is 4.98 Å². The van der Waals surface area contributed by atoms with Crippen LogP contribution in [0.1, 0.15) is 18.2 Å². The Balaban J connectivity index is 0.00000147. The maximum Gasteiger partial charge on any atom is 0.137 e. The third-order valence-corrected chi connectivity index (χ3v) is 3.86. The second-order valence-electron chi connectivity index (χ2n) is 4.70. The zero-order valence-electron chi connectivity index (χ0n) is 11.4. The summed E-state index contributed by atoms with van der Waals surface area (Å²) in [6.45, 7) is 4.27. The standard InChI is InChI=1S/C16H15BrN2.BrH/c1-3-14-16(12-4-6-13(17)7-5-12)18-15-10-11(2)8-9-19(14)15;/h4-10H,3H2,1-2H3;1H. The number of halogens is 2. The third-order valence-electron chi connectivity index (χ3n) is 3.33. The molecular weight excluding hydrogens is 380 g/mol. The van der Waals surface area contributed by atoms with Crippen molar-refractivity contribution in [2.75, 3.05) is 0 Å². The van der Waals surface area contributed by atoms with E-state index < -0.39 is 0 Å². The van der Waals surface area contributed by atoms with Crippen LogP contribution < -0.4 is 0 Å². The molecule has 3 rings (SSSR count). The fourth-order valence-corrected chi connectivity index (χ4v) is 2.64. The van der Waals surface area contributed by atoms with E-state index >= 15 is 0 Å². The van der Waals surface area contributed by atoms with Crippen LogP contribution in [0.4, 0.5) is 0 Å². The Hall–Kier alpha value is -1.13. The third kappa shape index (κ3) is 2.67. The summed E-state index contributed by atoms with van der Waals surface area (Å²) in [5.74, 6) is 0. The highest BCUT2D eigenvalue weighted by atomic mass is 79.9. The van der Waals surface area contributed by atoms with Crippen LogP contribution in [0.2, 0.25) is 0 Å². The number of fused-ring (bicyclic) bond motifs is 1. The van der Waals surface area contributed by atoms with E-state index in [1.807, 2.05) is 0 Å². The van der Waals surface area contributed by atoms with Gasteiger partial charge < -0.3 is 4.40 Å². The van der Waals surface area contributed by atoms with Gasteiger partial charge in [0, 0.05) is 16.2 Å². The molecule has 104 valence electrons. The summed E-state index contributed by atoms with van der Waals surface area (Å²) in [6.07, 6.45) is 3.08. The maximum atomic E-state index is 4.79. The number of aromatic nitrogens is 2. The molecule has 0 bridgehead atoms. The average molecular weight is 396 g/mol. The van der Waals surface area contributed by atoms with Gasteiger partial charge in [0.15, 0.2) is 0 Å². The summed E-state index contributed by atoms with van der Waals surface area (Å²) >= 11 is 3.47. The van der Waals surface area contributed by atoms with Crippen molar-refractivity contribution in [1.82, 2.24) is 9.38 Å². The van der Waals surface area contributed by atoms with E-state index in [-0.39, 0.29) is 17.0 Å². The molecule has 0 spiro atoms. The summed E-state index contributed by atoms with van der Waals surface area (Å²) in [5, 5.41) is 0. The van der Waals surface area contributed by atoms with Crippen molar-refractivity contribution in [3.8, 4) is 11.3 Å². The molecule has 20 heavy (non-hydrogen) atoms. The SMILES string of the molecule is Br.CCc1c(-c2ccc(Br)cc2)nc2cc(C)ccn12. The first-order chi connectivity index (χ1) is 9.19. The average Bonchev–Trinajstić information content (AvgIpc) is 2.77. The van der Waals surface area contributed by atoms with E-state index in [1.54, 1.807) is 0 Å². The molecule has 0 fully saturated rings. The quantitative estimate of drug-likeness (QED) is 0.581. The molecule has 0 atom stereocenters. The number of imidazole rings is 1. The van der Waals surface area contributed by atoms with Crippen LogP contribution in [0.15, 0.2) is 47.1 Å². The molecule has 0 aliphatic carbocycles. The first-order valence-corrected chi connectivity index (χ1v) is 7.22. The highest BCUT2D eigenvalue weighted by Gasteiger charge is 2.12. The number of pyridine rings is 1. The van der Waals surface area contributed by atoms with Gasteiger partial charge in [-0.15, -0.1) is 17.0 Å². The minimum Gasteiger partial charge on any atom is -0.303 e. The number of aryl methyl sites for hydroxylation is 2. The van der Waals surface area contributed by atoms with Gasteiger partial charge in [-0.25, -0.2) is 4.98 Å². The second kappa shape index (κ2) is 6.10. The highest BCUT2D eigenvalue weighted by molar-refractivity contribution is 9.10. The summed E-state index contributed by atoms with van der Waals surface area (Å²) in [6, 6.07) is 12.6. The predicted octanol–water partition coefficient (Wildman–Crippen LogP) is 5.21. The Morgan fingerprint density at radius 3 is 2.50 bits per heavy atom. The van der Waals surface area contributed by atoms with E-state index in [9.17, 15) is 0 Å². The van der Waals surface area contributed by atoms with Crippen molar-refractivity contribution in [2.45, 2.75) is 20.3 Å². The van der Waals surface area contributed by atoms with Crippen LogP contribution in [-0.4, -0.2) is 9.38 Å². The van der Waals surface area contributed by atoms with Crippen molar-refractivity contribution in [3.05, 3.63) is 58.3 Å². The number of nitrogens with zero attached hydrogens (tertiary/aromatic N) is 2. The molecule has 0 unspecified atom stereocenters. The van der Waals surface area contributed by atoms with Crippen molar-refractivity contribution >= 4 is 38.6 Å². The summed E-state index contributed by atoms with van der Waals surface area (Å²) in [7, 11) is 0. The van der Waals surface area contributed by atoms with Crippen LogP contribution in [0.3, 0.4) is 0 Å². The fraction of sp³-hybridized carbons (Fsp3) is 0.188. The highest BCUT2D eigenvalue weighted by Crippen LogP contribution is 2.26. The van der Waals surface area contributed by atoms with Gasteiger partial charge in [0.05, 0.1) is 11.4 Å². The summed E-state index contributed by atoms with van der Waals surface area (Å²) < 4.78 is 3.28. The number of rotatable bonds is 2. The molecule has 0 aliphatic heterocycles. The van der Waals surface area contributed by atoms with E-state index in [0.717, 1.165) is 22.2 Å². The number of benzene rings is 1.